The molecule has 7 heteroatoms. The normalized spacial score (nSPS) is 10.8. The average Bonchev–Trinajstić information content (AvgIpc) is 3.13. The summed E-state index contributed by atoms with van der Waals surface area (Å²) in [4.78, 5) is 28.2. The lowest BCUT2D eigenvalue weighted by Crippen LogP contribution is -2.17. The van der Waals surface area contributed by atoms with Crippen LogP contribution in [-0.2, 0) is 0 Å². The van der Waals surface area contributed by atoms with Gasteiger partial charge < -0.3 is 15.0 Å². The predicted molar refractivity (Wildman–Crippen MR) is 110 cm³/mol. The highest BCUT2D eigenvalue weighted by molar-refractivity contribution is 6.30. The molecule has 0 fully saturated rings. The van der Waals surface area contributed by atoms with Gasteiger partial charge in [-0.3, -0.25) is 14.2 Å². The van der Waals surface area contributed by atoms with Crippen molar-refractivity contribution in [3.63, 3.8) is 0 Å². The summed E-state index contributed by atoms with van der Waals surface area (Å²) in [5.74, 6) is 0.325. The summed E-state index contributed by atoms with van der Waals surface area (Å²) in [5, 5.41) is 4.14. The summed E-state index contributed by atoms with van der Waals surface area (Å²) in [6.07, 6.45) is 0. The molecule has 2 N–H and O–H groups in total. The molecule has 0 spiro atoms. The number of amides is 1. The molecule has 0 saturated heterocycles. The lowest BCUT2D eigenvalue weighted by atomic mass is 10.2. The molecule has 4 rings (SSSR count). The van der Waals surface area contributed by atoms with E-state index in [9.17, 15) is 9.59 Å². The molecule has 0 aliphatic heterocycles. The number of aromatic nitrogens is 2. The molecule has 2 heterocycles. The van der Waals surface area contributed by atoms with Crippen LogP contribution in [0.25, 0.3) is 16.7 Å². The molecular formula is C21H16ClN3O3. The monoisotopic (exact) mass is 393 g/mol. The third-order valence-electron chi connectivity index (χ3n) is 4.33. The van der Waals surface area contributed by atoms with Gasteiger partial charge in [0, 0.05) is 28.2 Å². The maximum atomic E-state index is 12.7. The van der Waals surface area contributed by atoms with Crippen LogP contribution in [0.4, 0.5) is 5.69 Å². The third-order valence-corrected chi connectivity index (χ3v) is 4.58. The van der Waals surface area contributed by atoms with E-state index in [1.165, 1.54) is 10.6 Å². The van der Waals surface area contributed by atoms with Gasteiger partial charge in [-0.1, -0.05) is 17.7 Å². The fraction of sp³-hybridized carbons (Fsp3) is 0.0476. The van der Waals surface area contributed by atoms with Gasteiger partial charge in [-0.25, -0.2) is 0 Å². The van der Waals surface area contributed by atoms with Gasteiger partial charge in [-0.05, 0) is 48.5 Å². The first-order valence-electron chi connectivity index (χ1n) is 8.51. The minimum Gasteiger partial charge on any atom is -0.497 e. The molecule has 0 radical (unpaired) electrons. The topological polar surface area (TPSA) is 76.1 Å². The van der Waals surface area contributed by atoms with Gasteiger partial charge in [-0.15, -0.1) is 0 Å². The molecule has 28 heavy (non-hydrogen) atoms. The van der Waals surface area contributed by atoms with Gasteiger partial charge in [0.2, 0.25) is 0 Å². The smallest absolute Gasteiger partial charge is 0.272 e. The molecule has 0 unspecified atom stereocenters. The number of rotatable bonds is 4. The molecule has 0 aliphatic rings. The van der Waals surface area contributed by atoms with Crippen LogP contribution in [-0.4, -0.2) is 22.6 Å². The number of carbonyl (C=O) groups is 1. The zero-order valence-corrected chi connectivity index (χ0v) is 15.7. The molecule has 1 amide bonds. The summed E-state index contributed by atoms with van der Waals surface area (Å²) in [6.45, 7) is 0. The second kappa shape index (κ2) is 7.25. The van der Waals surface area contributed by atoms with Crippen molar-refractivity contribution in [2.45, 2.75) is 0 Å². The van der Waals surface area contributed by atoms with E-state index < -0.39 is 0 Å². The summed E-state index contributed by atoms with van der Waals surface area (Å²) >= 11 is 5.94. The Kier molecular flexibility index (Phi) is 4.63. The highest BCUT2D eigenvalue weighted by Crippen LogP contribution is 2.21. The van der Waals surface area contributed by atoms with Crippen LogP contribution in [0, 0.1) is 0 Å². The van der Waals surface area contributed by atoms with Crippen LogP contribution in [0.15, 0.2) is 71.5 Å². The minimum absolute atomic E-state index is 0.212. The molecule has 2 aromatic carbocycles. The number of hydrogen-bond acceptors (Lipinski definition) is 3. The van der Waals surface area contributed by atoms with E-state index in [1.54, 1.807) is 67.8 Å². The molecule has 6 nitrogen and oxygen atoms in total. The van der Waals surface area contributed by atoms with Crippen molar-refractivity contribution >= 4 is 34.2 Å². The van der Waals surface area contributed by atoms with Crippen molar-refractivity contribution in [1.82, 2.24) is 9.55 Å². The number of ether oxygens (including phenoxy) is 1. The van der Waals surface area contributed by atoms with Gasteiger partial charge in [0.15, 0.2) is 0 Å². The number of hydrogen-bond donors (Lipinski definition) is 2. The molecule has 2 aromatic heterocycles. The predicted octanol–water partition coefficient (Wildman–Crippen LogP) is 4.23. The zero-order valence-electron chi connectivity index (χ0n) is 14.9. The van der Waals surface area contributed by atoms with Crippen LogP contribution in [0.2, 0.25) is 5.02 Å². The van der Waals surface area contributed by atoms with Crippen LogP contribution < -0.4 is 15.6 Å². The summed E-state index contributed by atoms with van der Waals surface area (Å²) < 4.78 is 6.68. The fourth-order valence-electron chi connectivity index (χ4n) is 2.99. The Morgan fingerprint density at radius 2 is 1.86 bits per heavy atom. The summed E-state index contributed by atoms with van der Waals surface area (Å²) in [5.41, 5.74) is 1.92. The number of fused-ring (bicyclic) bond motifs is 1. The van der Waals surface area contributed by atoms with E-state index in [0.29, 0.717) is 33.5 Å². The number of nitrogens with zero attached hydrogens (tertiary/aromatic N) is 1. The van der Waals surface area contributed by atoms with Crippen LogP contribution >= 0.6 is 11.6 Å². The number of carbonyl (C=O) groups excluding carboxylic acids is 1. The highest BCUT2D eigenvalue weighted by atomic mass is 35.5. The van der Waals surface area contributed by atoms with Crippen LogP contribution in [0.1, 0.15) is 10.5 Å². The molecule has 0 saturated carbocycles. The first-order chi connectivity index (χ1) is 13.5. The van der Waals surface area contributed by atoms with Gasteiger partial charge in [-0.2, -0.15) is 0 Å². The number of benzene rings is 2. The lowest BCUT2D eigenvalue weighted by Gasteiger charge is -2.07. The van der Waals surface area contributed by atoms with Crippen molar-refractivity contribution < 1.29 is 9.53 Å². The van der Waals surface area contributed by atoms with Gasteiger partial charge >= 0.3 is 0 Å². The quantitative estimate of drug-likeness (QED) is 0.544. The van der Waals surface area contributed by atoms with Crippen LogP contribution in [0.5, 0.6) is 5.75 Å². The summed E-state index contributed by atoms with van der Waals surface area (Å²) in [6, 6.07) is 18.9. The van der Waals surface area contributed by atoms with E-state index in [4.69, 9.17) is 16.3 Å². The Bertz CT molecular complexity index is 1230. The Morgan fingerprint density at radius 3 is 2.61 bits per heavy atom. The molecule has 140 valence electrons. The van der Waals surface area contributed by atoms with Crippen molar-refractivity contribution in [1.29, 1.82) is 0 Å². The number of nitrogens with one attached hydrogen (secondary N) is 2. The molecule has 0 atom stereocenters. The Morgan fingerprint density at radius 1 is 1.07 bits per heavy atom. The molecule has 4 aromatic rings. The maximum absolute atomic E-state index is 12.7. The zero-order chi connectivity index (χ0) is 19.7. The van der Waals surface area contributed by atoms with Crippen LogP contribution in [0.3, 0.4) is 0 Å². The van der Waals surface area contributed by atoms with Crippen molar-refractivity contribution in [2.75, 3.05) is 12.4 Å². The maximum Gasteiger partial charge on any atom is 0.272 e. The SMILES string of the molecule is COc1cccc(NC(=O)c2cc3ccc(=O)n(-c4ccc(Cl)cc4)c3[nH]2)c1. The summed E-state index contributed by atoms with van der Waals surface area (Å²) in [7, 11) is 1.56. The first-order valence-corrected chi connectivity index (χ1v) is 8.89. The van der Waals surface area contributed by atoms with E-state index >= 15 is 0 Å². The van der Waals surface area contributed by atoms with Crippen molar-refractivity contribution in [3.8, 4) is 11.4 Å². The third kappa shape index (κ3) is 3.37. The number of halogens is 1. The van der Waals surface area contributed by atoms with E-state index in [-0.39, 0.29) is 11.5 Å². The second-order valence-corrected chi connectivity index (χ2v) is 6.59. The van der Waals surface area contributed by atoms with Gasteiger partial charge in [0.05, 0.1) is 12.8 Å². The first kappa shape index (κ1) is 17.9. The van der Waals surface area contributed by atoms with E-state index in [2.05, 4.69) is 10.3 Å². The van der Waals surface area contributed by atoms with Gasteiger partial charge in [0.1, 0.15) is 17.1 Å². The molecule has 0 bridgehead atoms. The number of H-pyrrole nitrogens is 1. The molecular weight excluding hydrogens is 378 g/mol. The fourth-order valence-corrected chi connectivity index (χ4v) is 3.11. The average molecular weight is 394 g/mol. The lowest BCUT2D eigenvalue weighted by molar-refractivity contribution is 0.102. The van der Waals surface area contributed by atoms with Crippen molar-refractivity contribution in [3.05, 3.63) is 87.8 Å². The number of pyridine rings is 1. The Balaban J connectivity index is 1.73. The Hall–Kier alpha value is -3.51. The number of aromatic amines is 1. The van der Waals surface area contributed by atoms with E-state index in [1.807, 2.05) is 0 Å². The molecule has 0 aliphatic carbocycles. The second-order valence-electron chi connectivity index (χ2n) is 6.16. The standard InChI is InChI=1S/C21H16ClN3O3/c1-28-17-4-2-3-15(12-17)23-21(27)18-11-13-5-10-19(26)25(20(13)24-18)16-8-6-14(22)7-9-16/h2-12,24H,1H3,(H,23,27). The number of methoxy groups -OCH3 is 1. The highest BCUT2D eigenvalue weighted by Gasteiger charge is 2.14. The van der Waals surface area contributed by atoms with E-state index in [0.717, 1.165) is 5.39 Å². The Labute approximate surface area is 165 Å². The number of anilines is 1. The minimum atomic E-state index is -0.320. The largest absolute Gasteiger partial charge is 0.497 e. The van der Waals surface area contributed by atoms with Gasteiger partial charge in [0.25, 0.3) is 11.5 Å². The van der Waals surface area contributed by atoms with Crippen molar-refractivity contribution in [2.24, 2.45) is 0 Å².